The molecule has 1 aromatic heterocycles. The van der Waals surface area contributed by atoms with Gasteiger partial charge in [-0.15, -0.1) is 0 Å². The highest BCUT2D eigenvalue weighted by Crippen LogP contribution is 2.29. The lowest BCUT2D eigenvalue weighted by Gasteiger charge is -2.30. The van der Waals surface area contributed by atoms with Gasteiger partial charge in [-0.3, -0.25) is 4.90 Å². The maximum Gasteiger partial charge on any atom is 0.161 e. The molecule has 0 amide bonds. The van der Waals surface area contributed by atoms with E-state index in [0.717, 1.165) is 30.8 Å². The largest absolute Gasteiger partial charge is 0.493 e. The standard InChI is InChI=1S/C28H36FN3O5/c1-3-27-30-10-12-32(27)11-5-14-36-25-9-8-22(16-26(25)34-2)18-31-13-15-35-20-28(33,19-31)21-37-24-7-4-6-23(29)17-24/h4,6-10,12,16-17,33H,3,5,11,13-15,18-21H2,1-2H3/t28-/m1/s1. The molecular formula is C28H36FN3O5. The molecule has 0 saturated carbocycles. The first-order valence-corrected chi connectivity index (χ1v) is 12.7. The molecule has 9 heteroatoms. The number of aromatic nitrogens is 2. The number of imidazole rings is 1. The number of methoxy groups -OCH3 is 1. The quantitative estimate of drug-likeness (QED) is 0.370. The number of nitrogens with zero attached hydrogens (tertiary/aromatic N) is 3. The van der Waals surface area contributed by atoms with E-state index in [1.807, 2.05) is 30.6 Å². The third kappa shape index (κ3) is 7.67. The number of hydrogen-bond donors (Lipinski definition) is 1. The molecule has 0 bridgehead atoms. The van der Waals surface area contributed by atoms with Gasteiger partial charge in [0, 0.05) is 51.1 Å². The minimum atomic E-state index is -1.22. The fourth-order valence-corrected chi connectivity index (χ4v) is 4.46. The van der Waals surface area contributed by atoms with Crippen molar-refractivity contribution in [3.63, 3.8) is 0 Å². The Bertz CT molecular complexity index is 1140. The summed E-state index contributed by atoms with van der Waals surface area (Å²) >= 11 is 0. The topological polar surface area (TPSA) is 78.2 Å². The zero-order valence-electron chi connectivity index (χ0n) is 21.6. The summed E-state index contributed by atoms with van der Waals surface area (Å²) in [5.74, 6) is 2.44. The van der Waals surface area contributed by atoms with E-state index in [1.165, 1.54) is 12.1 Å². The van der Waals surface area contributed by atoms with E-state index in [9.17, 15) is 9.50 Å². The minimum absolute atomic E-state index is 0.00186. The highest BCUT2D eigenvalue weighted by atomic mass is 19.1. The van der Waals surface area contributed by atoms with Crippen LogP contribution in [0.2, 0.25) is 0 Å². The van der Waals surface area contributed by atoms with Gasteiger partial charge in [0.05, 0.1) is 26.9 Å². The summed E-state index contributed by atoms with van der Waals surface area (Å²) in [7, 11) is 1.63. The van der Waals surface area contributed by atoms with Crippen LogP contribution in [-0.2, 0) is 24.2 Å². The summed E-state index contributed by atoms with van der Waals surface area (Å²) in [6, 6.07) is 11.8. The smallest absolute Gasteiger partial charge is 0.161 e. The van der Waals surface area contributed by atoms with Crippen molar-refractivity contribution in [3.8, 4) is 17.2 Å². The van der Waals surface area contributed by atoms with Gasteiger partial charge in [-0.1, -0.05) is 19.1 Å². The van der Waals surface area contributed by atoms with Crippen molar-refractivity contribution in [3.05, 3.63) is 72.1 Å². The van der Waals surface area contributed by atoms with E-state index < -0.39 is 5.60 Å². The fourth-order valence-electron chi connectivity index (χ4n) is 4.46. The van der Waals surface area contributed by atoms with Gasteiger partial charge in [-0.25, -0.2) is 9.37 Å². The van der Waals surface area contributed by atoms with Crippen molar-refractivity contribution in [2.75, 3.05) is 46.6 Å². The summed E-state index contributed by atoms with van der Waals surface area (Å²) in [5, 5.41) is 11.2. The van der Waals surface area contributed by atoms with Crippen LogP contribution in [0.15, 0.2) is 54.9 Å². The zero-order valence-corrected chi connectivity index (χ0v) is 21.6. The molecule has 0 radical (unpaired) electrons. The molecule has 200 valence electrons. The summed E-state index contributed by atoms with van der Waals surface area (Å²) in [5.41, 5.74) is -0.187. The lowest BCUT2D eigenvalue weighted by atomic mass is 10.1. The van der Waals surface area contributed by atoms with Gasteiger partial charge in [0.2, 0.25) is 0 Å². The number of aryl methyl sites for hydroxylation is 2. The van der Waals surface area contributed by atoms with Crippen LogP contribution < -0.4 is 14.2 Å². The lowest BCUT2D eigenvalue weighted by molar-refractivity contribution is -0.0647. The molecule has 2 heterocycles. The highest BCUT2D eigenvalue weighted by molar-refractivity contribution is 5.43. The van der Waals surface area contributed by atoms with E-state index in [2.05, 4.69) is 21.4 Å². The molecule has 0 spiro atoms. The second-order valence-electron chi connectivity index (χ2n) is 9.31. The average Bonchev–Trinajstić information content (AvgIpc) is 3.27. The second kappa shape index (κ2) is 12.9. The molecule has 8 nitrogen and oxygen atoms in total. The zero-order chi connectivity index (χ0) is 26.1. The van der Waals surface area contributed by atoms with Crippen molar-refractivity contribution in [2.24, 2.45) is 0 Å². The van der Waals surface area contributed by atoms with Gasteiger partial charge in [0.25, 0.3) is 0 Å². The Labute approximate surface area is 217 Å². The molecule has 37 heavy (non-hydrogen) atoms. The molecular weight excluding hydrogens is 477 g/mol. The van der Waals surface area contributed by atoms with Crippen LogP contribution in [0.5, 0.6) is 17.2 Å². The number of aliphatic hydroxyl groups is 1. The number of halogens is 1. The minimum Gasteiger partial charge on any atom is -0.493 e. The molecule has 3 aromatic rings. The van der Waals surface area contributed by atoms with Crippen molar-refractivity contribution in [2.45, 2.75) is 38.5 Å². The molecule has 1 atom stereocenters. The number of benzene rings is 2. The molecule has 1 saturated heterocycles. The van der Waals surface area contributed by atoms with Crippen LogP contribution in [0.3, 0.4) is 0 Å². The molecule has 1 aliphatic rings. The van der Waals surface area contributed by atoms with Crippen molar-refractivity contribution < 1.29 is 28.4 Å². The maximum absolute atomic E-state index is 13.5. The Morgan fingerprint density at radius 3 is 2.86 bits per heavy atom. The molecule has 0 unspecified atom stereocenters. The SMILES string of the molecule is CCc1nccn1CCCOc1ccc(CN2CCOC[C@@](O)(COc3cccc(F)c3)C2)cc1OC. The van der Waals surface area contributed by atoms with Crippen LogP contribution in [0, 0.1) is 5.82 Å². The average molecular weight is 514 g/mol. The number of rotatable bonds is 12. The monoisotopic (exact) mass is 513 g/mol. The van der Waals surface area contributed by atoms with Crippen molar-refractivity contribution in [1.82, 2.24) is 14.5 Å². The summed E-state index contributed by atoms with van der Waals surface area (Å²) in [6.07, 6.45) is 5.59. The van der Waals surface area contributed by atoms with Crippen LogP contribution in [0.25, 0.3) is 0 Å². The molecule has 1 aliphatic heterocycles. The van der Waals surface area contributed by atoms with Crippen LogP contribution in [0.1, 0.15) is 24.7 Å². The first kappa shape index (κ1) is 26.9. The van der Waals surface area contributed by atoms with Gasteiger partial charge in [0.1, 0.15) is 29.6 Å². The third-order valence-electron chi connectivity index (χ3n) is 6.30. The highest BCUT2D eigenvalue weighted by Gasteiger charge is 2.33. The van der Waals surface area contributed by atoms with Crippen LogP contribution in [-0.4, -0.2) is 71.8 Å². The third-order valence-corrected chi connectivity index (χ3v) is 6.30. The van der Waals surface area contributed by atoms with Gasteiger partial charge in [0.15, 0.2) is 11.5 Å². The normalized spacial score (nSPS) is 18.4. The summed E-state index contributed by atoms with van der Waals surface area (Å²) in [6.45, 7) is 5.79. The van der Waals surface area contributed by atoms with E-state index in [1.54, 1.807) is 19.2 Å². The number of β-amino-alcohol motifs (C(OH)–C–C–N with tert-alkyl or cyclic N) is 1. The first-order chi connectivity index (χ1) is 18.0. The summed E-state index contributed by atoms with van der Waals surface area (Å²) in [4.78, 5) is 6.47. The first-order valence-electron chi connectivity index (χ1n) is 12.7. The predicted octanol–water partition coefficient (Wildman–Crippen LogP) is 3.70. The second-order valence-corrected chi connectivity index (χ2v) is 9.31. The Morgan fingerprint density at radius 1 is 1.16 bits per heavy atom. The predicted molar refractivity (Wildman–Crippen MR) is 138 cm³/mol. The van der Waals surface area contributed by atoms with Gasteiger partial charge in [-0.2, -0.15) is 0 Å². The van der Waals surface area contributed by atoms with Crippen molar-refractivity contribution >= 4 is 0 Å². The van der Waals surface area contributed by atoms with E-state index in [-0.39, 0.29) is 19.0 Å². The molecule has 0 aliphatic carbocycles. The Kier molecular flexibility index (Phi) is 9.38. The molecule has 1 fully saturated rings. The van der Waals surface area contributed by atoms with Crippen LogP contribution >= 0.6 is 0 Å². The van der Waals surface area contributed by atoms with E-state index >= 15 is 0 Å². The van der Waals surface area contributed by atoms with Gasteiger partial charge in [-0.05, 0) is 36.2 Å². The fraction of sp³-hybridized carbons (Fsp3) is 0.464. The molecule has 1 N–H and O–H groups in total. The lowest BCUT2D eigenvalue weighted by Crippen LogP contribution is -2.48. The molecule has 2 aromatic carbocycles. The maximum atomic E-state index is 13.5. The van der Waals surface area contributed by atoms with E-state index in [0.29, 0.717) is 50.1 Å². The van der Waals surface area contributed by atoms with Gasteiger partial charge < -0.3 is 28.6 Å². The summed E-state index contributed by atoms with van der Waals surface area (Å²) < 4.78 is 38.5. The Morgan fingerprint density at radius 2 is 2.05 bits per heavy atom. The Hall–Kier alpha value is -3.14. The Balaban J connectivity index is 1.31. The number of ether oxygens (including phenoxy) is 4. The number of hydrogen-bond acceptors (Lipinski definition) is 7. The van der Waals surface area contributed by atoms with Crippen molar-refractivity contribution in [1.29, 1.82) is 0 Å². The molecule has 4 rings (SSSR count). The van der Waals surface area contributed by atoms with E-state index in [4.69, 9.17) is 18.9 Å². The van der Waals surface area contributed by atoms with Gasteiger partial charge >= 0.3 is 0 Å². The van der Waals surface area contributed by atoms with Crippen LogP contribution in [0.4, 0.5) is 4.39 Å².